The number of thioether (sulfide) groups is 1. The van der Waals surface area contributed by atoms with Gasteiger partial charge in [0.1, 0.15) is 11.2 Å². The van der Waals surface area contributed by atoms with Gasteiger partial charge in [-0.05, 0) is 40.6 Å². The van der Waals surface area contributed by atoms with Crippen molar-refractivity contribution in [1.82, 2.24) is 9.88 Å². The summed E-state index contributed by atoms with van der Waals surface area (Å²) in [5, 5.41) is 12.1. The van der Waals surface area contributed by atoms with Gasteiger partial charge < -0.3 is 15.0 Å². The number of amides is 1. The Morgan fingerprint density at radius 2 is 2.35 bits per heavy atom. The SMILES string of the molecule is CCCn1cc(Br)cc1C(=O)NC1(C(=O)O)CCSC1. The monoisotopic (exact) mass is 360 g/mol. The second-order valence-electron chi connectivity index (χ2n) is 4.88. The summed E-state index contributed by atoms with van der Waals surface area (Å²) in [5.41, 5.74) is -0.633. The van der Waals surface area contributed by atoms with Crippen molar-refractivity contribution in [2.24, 2.45) is 0 Å². The minimum atomic E-state index is -1.13. The lowest BCUT2D eigenvalue weighted by Crippen LogP contribution is -2.55. The number of aromatic nitrogens is 1. The smallest absolute Gasteiger partial charge is 0.330 e. The second kappa shape index (κ2) is 6.22. The van der Waals surface area contributed by atoms with Crippen molar-refractivity contribution in [3.05, 3.63) is 22.4 Å². The van der Waals surface area contributed by atoms with Crippen LogP contribution in [0.4, 0.5) is 0 Å². The van der Waals surface area contributed by atoms with Crippen LogP contribution >= 0.6 is 27.7 Å². The number of carbonyl (C=O) groups excluding carboxylic acids is 1. The number of hydrogen-bond donors (Lipinski definition) is 2. The number of carbonyl (C=O) groups is 2. The molecule has 0 aromatic carbocycles. The largest absolute Gasteiger partial charge is 0.479 e. The summed E-state index contributed by atoms with van der Waals surface area (Å²) in [6.07, 6.45) is 3.21. The lowest BCUT2D eigenvalue weighted by molar-refractivity contribution is -0.143. The molecular weight excluding hydrogens is 344 g/mol. The van der Waals surface area contributed by atoms with Gasteiger partial charge in [-0.2, -0.15) is 11.8 Å². The number of halogens is 1. The molecule has 1 aromatic heterocycles. The first kappa shape index (κ1) is 15.4. The van der Waals surface area contributed by atoms with E-state index in [-0.39, 0.29) is 5.91 Å². The molecule has 110 valence electrons. The Hall–Kier alpha value is -0.950. The lowest BCUT2D eigenvalue weighted by atomic mass is 9.99. The maximum Gasteiger partial charge on any atom is 0.330 e. The maximum absolute atomic E-state index is 12.4. The van der Waals surface area contributed by atoms with Crippen molar-refractivity contribution in [1.29, 1.82) is 0 Å². The molecule has 0 spiro atoms. The minimum absolute atomic E-state index is 0.325. The summed E-state index contributed by atoms with van der Waals surface area (Å²) in [6.45, 7) is 2.76. The van der Waals surface area contributed by atoms with E-state index in [1.54, 1.807) is 17.8 Å². The van der Waals surface area contributed by atoms with Gasteiger partial charge >= 0.3 is 5.97 Å². The van der Waals surface area contributed by atoms with Crippen LogP contribution in [0.3, 0.4) is 0 Å². The zero-order chi connectivity index (χ0) is 14.8. The summed E-state index contributed by atoms with van der Waals surface area (Å²) in [7, 11) is 0. The van der Waals surface area contributed by atoms with E-state index in [2.05, 4.69) is 21.2 Å². The number of aryl methyl sites for hydroxylation is 1. The summed E-state index contributed by atoms with van der Waals surface area (Å²) < 4.78 is 2.66. The summed E-state index contributed by atoms with van der Waals surface area (Å²) in [6, 6.07) is 1.72. The first-order valence-corrected chi connectivity index (χ1v) is 8.42. The molecular formula is C13H17BrN2O3S. The van der Waals surface area contributed by atoms with Crippen LogP contribution in [-0.4, -0.2) is 38.6 Å². The fourth-order valence-corrected chi connectivity index (χ4v) is 4.05. The average Bonchev–Trinajstić information content (AvgIpc) is 2.98. The van der Waals surface area contributed by atoms with E-state index in [1.807, 2.05) is 17.7 Å². The van der Waals surface area contributed by atoms with Gasteiger partial charge in [-0.15, -0.1) is 0 Å². The van der Waals surface area contributed by atoms with Crippen molar-refractivity contribution in [2.75, 3.05) is 11.5 Å². The lowest BCUT2D eigenvalue weighted by Gasteiger charge is -2.24. The van der Waals surface area contributed by atoms with Gasteiger partial charge in [0, 0.05) is 23.0 Å². The third kappa shape index (κ3) is 3.03. The van der Waals surface area contributed by atoms with Gasteiger partial charge in [-0.25, -0.2) is 4.79 Å². The molecule has 1 aromatic rings. The molecule has 1 unspecified atom stereocenters. The van der Waals surface area contributed by atoms with Crippen molar-refractivity contribution < 1.29 is 14.7 Å². The molecule has 2 heterocycles. The van der Waals surface area contributed by atoms with E-state index in [4.69, 9.17) is 0 Å². The molecule has 2 rings (SSSR count). The quantitative estimate of drug-likeness (QED) is 0.845. The van der Waals surface area contributed by atoms with Crippen molar-refractivity contribution in [2.45, 2.75) is 31.8 Å². The Labute approximate surface area is 130 Å². The molecule has 1 aliphatic rings. The van der Waals surface area contributed by atoms with Crippen LogP contribution in [0.15, 0.2) is 16.7 Å². The van der Waals surface area contributed by atoms with Crippen LogP contribution in [0.2, 0.25) is 0 Å². The van der Waals surface area contributed by atoms with Gasteiger partial charge in [-0.3, -0.25) is 4.79 Å². The highest BCUT2D eigenvalue weighted by Crippen LogP contribution is 2.29. The molecule has 1 amide bonds. The summed E-state index contributed by atoms with van der Waals surface area (Å²) in [5.74, 6) is -0.103. The van der Waals surface area contributed by atoms with Gasteiger partial charge in [0.15, 0.2) is 0 Å². The Morgan fingerprint density at radius 3 is 2.90 bits per heavy atom. The van der Waals surface area contributed by atoms with E-state index in [1.165, 1.54) is 0 Å². The number of hydrogen-bond acceptors (Lipinski definition) is 3. The van der Waals surface area contributed by atoms with Crippen LogP contribution < -0.4 is 5.32 Å². The topological polar surface area (TPSA) is 71.3 Å². The van der Waals surface area contributed by atoms with Gasteiger partial charge in [-0.1, -0.05) is 6.92 Å². The molecule has 7 heteroatoms. The van der Waals surface area contributed by atoms with Crippen LogP contribution in [0, 0.1) is 0 Å². The average molecular weight is 361 g/mol. The molecule has 5 nitrogen and oxygen atoms in total. The maximum atomic E-state index is 12.4. The standard InChI is InChI=1S/C13H17BrN2O3S/c1-2-4-16-7-9(14)6-10(16)11(17)15-13(12(18)19)3-5-20-8-13/h6-7H,2-5,8H2,1H3,(H,15,17)(H,18,19). The third-order valence-corrected chi connectivity index (χ3v) is 4.97. The zero-order valence-electron chi connectivity index (χ0n) is 11.2. The fraction of sp³-hybridized carbons (Fsp3) is 0.538. The third-order valence-electron chi connectivity index (χ3n) is 3.34. The summed E-state index contributed by atoms with van der Waals surface area (Å²) >= 11 is 4.91. The van der Waals surface area contributed by atoms with E-state index >= 15 is 0 Å². The molecule has 20 heavy (non-hydrogen) atoms. The number of nitrogens with one attached hydrogen (secondary N) is 1. The predicted molar refractivity (Wildman–Crippen MR) is 82.2 cm³/mol. The number of aliphatic carboxylic acids is 1. The number of rotatable bonds is 5. The molecule has 1 atom stereocenters. The molecule has 0 aliphatic carbocycles. The zero-order valence-corrected chi connectivity index (χ0v) is 13.6. The van der Waals surface area contributed by atoms with E-state index < -0.39 is 11.5 Å². The number of carboxylic acid groups (broad SMARTS) is 1. The number of nitrogens with zero attached hydrogens (tertiary/aromatic N) is 1. The van der Waals surface area contributed by atoms with Gasteiger partial charge in [0.2, 0.25) is 0 Å². The van der Waals surface area contributed by atoms with E-state index in [0.29, 0.717) is 17.9 Å². The molecule has 0 radical (unpaired) electrons. The highest BCUT2D eigenvalue weighted by Gasteiger charge is 2.43. The Kier molecular flexibility index (Phi) is 4.80. The molecule has 2 N–H and O–H groups in total. The van der Waals surface area contributed by atoms with E-state index in [9.17, 15) is 14.7 Å². The molecule has 1 aliphatic heterocycles. The first-order valence-electron chi connectivity index (χ1n) is 6.48. The van der Waals surface area contributed by atoms with Gasteiger partial charge in [0.05, 0.1) is 0 Å². The minimum Gasteiger partial charge on any atom is -0.479 e. The molecule has 1 fully saturated rings. The highest BCUT2D eigenvalue weighted by atomic mass is 79.9. The fourth-order valence-electron chi connectivity index (χ4n) is 2.26. The van der Waals surface area contributed by atoms with Crippen molar-refractivity contribution in [3.63, 3.8) is 0 Å². The van der Waals surface area contributed by atoms with Crippen LogP contribution in [0.5, 0.6) is 0 Å². The summed E-state index contributed by atoms with van der Waals surface area (Å²) in [4.78, 5) is 23.9. The Bertz CT molecular complexity index is 524. The van der Waals surface area contributed by atoms with Crippen LogP contribution in [0.25, 0.3) is 0 Å². The van der Waals surface area contributed by atoms with Crippen molar-refractivity contribution >= 4 is 39.6 Å². The first-order chi connectivity index (χ1) is 9.48. The van der Waals surface area contributed by atoms with Crippen molar-refractivity contribution in [3.8, 4) is 0 Å². The Morgan fingerprint density at radius 1 is 1.60 bits per heavy atom. The van der Waals surface area contributed by atoms with E-state index in [0.717, 1.165) is 23.2 Å². The normalized spacial score (nSPS) is 21.9. The van der Waals surface area contributed by atoms with Crippen LogP contribution in [-0.2, 0) is 11.3 Å². The second-order valence-corrected chi connectivity index (χ2v) is 6.90. The molecule has 1 saturated heterocycles. The molecule has 0 saturated carbocycles. The predicted octanol–water partition coefficient (Wildman–Crippen LogP) is 2.35. The molecule has 0 bridgehead atoms. The number of carboxylic acids is 1. The van der Waals surface area contributed by atoms with Gasteiger partial charge in [0.25, 0.3) is 5.91 Å². The Balaban J connectivity index is 2.21. The highest BCUT2D eigenvalue weighted by molar-refractivity contribution is 9.10. The van der Waals surface area contributed by atoms with Crippen LogP contribution in [0.1, 0.15) is 30.3 Å².